The molecule has 0 bridgehead atoms. The Morgan fingerprint density at radius 2 is 1.61 bits per heavy atom. The Bertz CT molecular complexity index is 1050. The minimum absolute atomic E-state index is 0.0384. The molecule has 0 spiro atoms. The second-order valence-corrected chi connectivity index (χ2v) is 11.9. The van der Waals surface area contributed by atoms with E-state index in [1.165, 1.54) is 6.07 Å². The first-order valence-corrected chi connectivity index (χ1v) is 11.3. The fourth-order valence-corrected chi connectivity index (χ4v) is 4.29. The molecule has 0 radical (unpaired) electrons. The second kappa shape index (κ2) is 8.55. The highest BCUT2D eigenvalue weighted by Gasteiger charge is 2.33. The summed E-state index contributed by atoms with van der Waals surface area (Å²) in [5.41, 5.74) is 2.33. The molecule has 1 heterocycles. The summed E-state index contributed by atoms with van der Waals surface area (Å²) in [7, 11) is 0. The summed E-state index contributed by atoms with van der Waals surface area (Å²) < 4.78 is 46.4. The molecule has 0 atom stereocenters. The van der Waals surface area contributed by atoms with Crippen molar-refractivity contribution < 1.29 is 13.2 Å². The summed E-state index contributed by atoms with van der Waals surface area (Å²) in [5, 5.41) is 1.07. The molecule has 3 aromatic rings. The fraction of sp³-hybridized carbons (Fsp3) is 0.440. The largest absolute Gasteiger partial charge is 0.417 e. The number of hydrogen-bond donors (Lipinski definition) is 1. The van der Waals surface area contributed by atoms with Crippen LogP contribution in [0.3, 0.4) is 0 Å². The van der Waals surface area contributed by atoms with Crippen molar-refractivity contribution in [3.05, 3.63) is 59.8 Å². The molecule has 168 valence electrons. The van der Waals surface area contributed by atoms with E-state index in [0.717, 1.165) is 29.1 Å². The predicted molar refractivity (Wildman–Crippen MR) is 126 cm³/mol. The zero-order chi connectivity index (χ0) is 23.0. The van der Waals surface area contributed by atoms with Gasteiger partial charge in [0.15, 0.2) is 0 Å². The van der Waals surface area contributed by atoms with E-state index in [9.17, 15) is 13.2 Å². The van der Waals surface area contributed by atoms with E-state index in [-0.39, 0.29) is 15.7 Å². The van der Waals surface area contributed by atoms with Crippen molar-refractivity contribution in [3.8, 4) is 11.1 Å². The van der Waals surface area contributed by atoms with Gasteiger partial charge in [-0.1, -0.05) is 63.1 Å². The van der Waals surface area contributed by atoms with Crippen LogP contribution >= 0.6 is 11.9 Å². The Hall–Kier alpha value is -1.92. The van der Waals surface area contributed by atoms with Crippen molar-refractivity contribution in [2.45, 2.75) is 65.6 Å². The Kier molecular flexibility index (Phi) is 6.55. The molecule has 0 saturated carbocycles. The highest BCUT2D eigenvalue weighted by atomic mass is 32.2. The SMILES string of the molecule is CC(C)(C)Cn1cc(CNSC(C)(C)C)c2ccc(-c3ccccc3C(F)(F)F)cc21. The van der Waals surface area contributed by atoms with Gasteiger partial charge in [0.2, 0.25) is 0 Å². The summed E-state index contributed by atoms with van der Waals surface area (Å²) in [6.07, 6.45) is -2.26. The summed E-state index contributed by atoms with van der Waals surface area (Å²) in [6.45, 7) is 14.4. The first-order valence-electron chi connectivity index (χ1n) is 10.4. The Balaban J connectivity index is 2.08. The molecule has 0 unspecified atom stereocenters. The zero-order valence-corrected chi connectivity index (χ0v) is 19.8. The smallest absolute Gasteiger partial charge is 0.347 e. The molecule has 0 aliphatic rings. The van der Waals surface area contributed by atoms with Crippen LogP contribution in [0.2, 0.25) is 0 Å². The van der Waals surface area contributed by atoms with E-state index in [0.29, 0.717) is 12.1 Å². The number of halogens is 3. The molecule has 0 amide bonds. The molecule has 0 aliphatic carbocycles. The maximum absolute atomic E-state index is 13.6. The fourth-order valence-electron chi connectivity index (χ4n) is 3.63. The van der Waals surface area contributed by atoms with Crippen molar-refractivity contribution in [2.24, 2.45) is 5.41 Å². The van der Waals surface area contributed by atoms with Crippen LogP contribution in [0.4, 0.5) is 13.2 Å². The molecule has 1 N–H and O–H groups in total. The molecule has 0 fully saturated rings. The first-order chi connectivity index (χ1) is 14.2. The molecule has 1 aromatic heterocycles. The molecule has 6 heteroatoms. The van der Waals surface area contributed by atoms with E-state index >= 15 is 0 Å². The van der Waals surface area contributed by atoms with E-state index in [1.54, 1.807) is 30.1 Å². The Morgan fingerprint density at radius 1 is 0.935 bits per heavy atom. The highest BCUT2D eigenvalue weighted by Crippen LogP contribution is 2.38. The number of nitrogens with zero attached hydrogens (tertiary/aromatic N) is 1. The standard InChI is InChI=1S/C25H31F3N2S/c1-23(2,3)16-30-15-18(14-29-31-24(4,5)6)20-12-11-17(13-22(20)30)19-9-7-8-10-21(19)25(26,27)28/h7-13,15,29H,14,16H2,1-6H3. The minimum Gasteiger partial charge on any atom is -0.347 e. The number of nitrogens with one attached hydrogen (secondary N) is 1. The van der Waals surface area contributed by atoms with Gasteiger partial charge in [0.05, 0.1) is 5.56 Å². The molecule has 31 heavy (non-hydrogen) atoms. The van der Waals surface area contributed by atoms with Crippen molar-refractivity contribution in [3.63, 3.8) is 0 Å². The molecule has 0 saturated heterocycles. The van der Waals surface area contributed by atoms with Crippen LogP contribution in [0, 0.1) is 5.41 Å². The summed E-state index contributed by atoms with van der Waals surface area (Å²) in [5.74, 6) is 0. The monoisotopic (exact) mass is 448 g/mol. The first kappa shape index (κ1) is 23.7. The topological polar surface area (TPSA) is 17.0 Å². The number of fused-ring (bicyclic) bond motifs is 1. The second-order valence-electron chi connectivity index (χ2n) is 10.2. The third-order valence-electron chi connectivity index (χ3n) is 4.79. The predicted octanol–water partition coefficient (Wildman–Crippen LogP) is 7.91. The van der Waals surface area contributed by atoms with E-state index < -0.39 is 11.7 Å². The van der Waals surface area contributed by atoms with E-state index in [2.05, 4.69) is 57.0 Å². The number of rotatable bonds is 5. The maximum atomic E-state index is 13.6. The van der Waals surface area contributed by atoms with Gasteiger partial charge in [0, 0.05) is 34.9 Å². The van der Waals surface area contributed by atoms with Crippen molar-refractivity contribution >= 4 is 22.9 Å². The molecular formula is C25H31F3N2S. The quantitative estimate of drug-likeness (QED) is 0.399. The Morgan fingerprint density at radius 3 is 2.23 bits per heavy atom. The van der Waals surface area contributed by atoms with Crippen LogP contribution in [-0.2, 0) is 19.3 Å². The Labute approximate surface area is 187 Å². The number of hydrogen-bond acceptors (Lipinski definition) is 2. The molecular weight excluding hydrogens is 417 g/mol. The van der Waals surface area contributed by atoms with Crippen molar-refractivity contribution in [2.75, 3.05) is 0 Å². The summed E-state index contributed by atoms with van der Waals surface area (Å²) in [4.78, 5) is 0. The van der Waals surface area contributed by atoms with Crippen molar-refractivity contribution in [1.29, 1.82) is 0 Å². The van der Waals surface area contributed by atoms with E-state index in [1.807, 2.05) is 12.1 Å². The normalized spacial score (nSPS) is 13.2. The molecule has 0 aliphatic heterocycles. The lowest BCUT2D eigenvalue weighted by Crippen LogP contribution is -2.16. The van der Waals surface area contributed by atoms with Gasteiger partial charge in [-0.2, -0.15) is 13.2 Å². The maximum Gasteiger partial charge on any atom is 0.417 e. The lowest BCUT2D eigenvalue weighted by molar-refractivity contribution is -0.137. The third kappa shape index (κ3) is 6.07. The zero-order valence-electron chi connectivity index (χ0n) is 19.0. The lowest BCUT2D eigenvalue weighted by Gasteiger charge is -2.20. The lowest BCUT2D eigenvalue weighted by atomic mass is 9.96. The van der Waals surface area contributed by atoms with Gasteiger partial charge >= 0.3 is 6.18 Å². The van der Waals surface area contributed by atoms with Gasteiger partial charge in [0.25, 0.3) is 0 Å². The minimum atomic E-state index is -4.39. The van der Waals surface area contributed by atoms with Gasteiger partial charge in [-0.15, -0.1) is 0 Å². The number of aromatic nitrogens is 1. The number of benzene rings is 2. The van der Waals surface area contributed by atoms with Gasteiger partial charge in [0.1, 0.15) is 0 Å². The molecule has 2 nitrogen and oxygen atoms in total. The average molecular weight is 449 g/mol. The number of alkyl halides is 3. The third-order valence-corrected chi connectivity index (χ3v) is 5.69. The van der Waals surface area contributed by atoms with Gasteiger partial charge in [-0.05, 0) is 55.0 Å². The highest BCUT2D eigenvalue weighted by molar-refractivity contribution is 7.98. The van der Waals surface area contributed by atoms with Crippen LogP contribution in [0.1, 0.15) is 52.7 Å². The van der Waals surface area contributed by atoms with E-state index in [4.69, 9.17) is 0 Å². The van der Waals surface area contributed by atoms with Gasteiger partial charge < -0.3 is 4.57 Å². The molecule has 3 rings (SSSR count). The van der Waals surface area contributed by atoms with Crippen LogP contribution in [-0.4, -0.2) is 9.31 Å². The van der Waals surface area contributed by atoms with Gasteiger partial charge in [-0.25, -0.2) is 0 Å². The van der Waals surface area contributed by atoms with Crippen LogP contribution in [0.25, 0.3) is 22.0 Å². The van der Waals surface area contributed by atoms with Crippen LogP contribution in [0.15, 0.2) is 48.7 Å². The van der Waals surface area contributed by atoms with Gasteiger partial charge in [-0.3, -0.25) is 4.72 Å². The summed E-state index contributed by atoms with van der Waals surface area (Å²) >= 11 is 1.68. The average Bonchev–Trinajstić information content (AvgIpc) is 2.95. The van der Waals surface area contributed by atoms with Crippen molar-refractivity contribution in [1.82, 2.24) is 9.29 Å². The summed E-state index contributed by atoms with van der Waals surface area (Å²) in [6, 6.07) is 11.4. The van der Waals surface area contributed by atoms with Crippen LogP contribution < -0.4 is 4.72 Å². The molecule has 2 aromatic carbocycles. The van der Waals surface area contributed by atoms with Crippen LogP contribution in [0.5, 0.6) is 0 Å².